The molecule has 2 heterocycles. The zero-order valence-electron chi connectivity index (χ0n) is 18.8. The molecule has 1 atom stereocenters. The van der Waals surface area contributed by atoms with E-state index in [0.717, 1.165) is 37.1 Å². The molecule has 0 aliphatic carbocycles. The topological polar surface area (TPSA) is 67.5 Å². The molecule has 4 rings (SSSR count). The summed E-state index contributed by atoms with van der Waals surface area (Å²) in [5.74, 6) is 0.545. The van der Waals surface area contributed by atoms with E-state index < -0.39 is 11.7 Å². The van der Waals surface area contributed by atoms with Crippen molar-refractivity contribution in [2.24, 2.45) is 0 Å². The predicted molar refractivity (Wildman–Crippen MR) is 120 cm³/mol. The van der Waals surface area contributed by atoms with Crippen LogP contribution in [0.15, 0.2) is 54.7 Å². The lowest BCUT2D eigenvalue weighted by atomic mass is 9.93. The van der Waals surface area contributed by atoms with Gasteiger partial charge in [-0.05, 0) is 61.2 Å². The number of carbonyl (C=O) groups is 1. The molecule has 1 fully saturated rings. The minimum absolute atomic E-state index is 0.110. The highest BCUT2D eigenvalue weighted by Crippen LogP contribution is 2.37. The molecular weight excluding hydrogens is 447 g/mol. The van der Waals surface area contributed by atoms with Crippen LogP contribution in [0, 0.1) is 0 Å². The van der Waals surface area contributed by atoms with Crippen molar-refractivity contribution in [3.63, 3.8) is 0 Å². The molecule has 1 saturated heterocycles. The van der Waals surface area contributed by atoms with Gasteiger partial charge in [0.1, 0.15) is 12.4 Å². The molecule has 3 aromatic rings. The van der Waals surface area contributed by atoms with Crippen LogP contribution in [0.2, 0.25) is 0 Å². The Balaban J connectivity index is 1.55. The first-order valence-electron chi connectivity index (χ1n) is 11.1. The number of benzene rings is 2. The van der Waals surface area contributed by atoms with Crippen LogP contribution in [0.25, 0.3) is 11.1 Å². The number of rotatable bonds is 7. The number of H-pyrrole nitrogens is 1. The average Bonchev–Trinajstić information content (AvgIpc) is 3.34. The largest absolute Gasteiger partial charge is 0.491 e. The second kappa shape index (κ2) is 10.3. The van der Waals surface area contributed by atoms with Gasteiger partial charge in [-0.1, -0.05) is 12.1 Å². The van der Waals surface area contributed by atoms with Crippen molar-refractivity contribution in [3.8, 4) is 16.9 Å². The Labute approximate surface area is 195 Å². The molecule has 0 radical (unpaired) electrons. The van der Waals surface area contributed by atoms with Gasteiger partial charge in [-0.15, -0.1) is 0 Å². The van der Waals surface area contributed by atoms with E-state index in [1.807, 2.05) is 4.90 Å². The molecule has 1 unspecified atom stereocenters. The van der Waals surface area contributed by atoms with Crippen molar-refractivity contribution in [3.05, 3.63) is 71.5 Å². The molecule has 1 N–H and O–H groups in total. The lowest BCUT2D eigenvalue weighted by Gasteiger charge is -2.35. The Kier molecular flexibility index (Phi) is 7.21. The normalized spacial score (nSPS) is 16.5. The van der Waals surface area contributed by atoms with Gasteiger partial charge in [0.05, 0.1) is 30.1 Å². The Bertz CT molecular complexity index is 1100. The van der Waals surface area contributed by atoms with Crippen molar-refractivity contribution in [1.82, 2.24) is 15.1 Å². The molecule has 9 heteroatoms. The van der Waals surface area contributed by atoms with Crippen LogP contribution in [0.5, 0.6) is 5.75 Å². The molecule has 2 aromatic carbocycles. The first-order valence-corrected chi connectivity index (χ1v) is 11.1. The van der Waals surface area contributed by atoms with E-state index in [0.29, 0.717) is 42.2 Å². The van der Waals surface area contributed by atoms with E-state index in [2.05, 4.69) is 10.2 Å². The van der Waals surface area contributed by atoms with Crippen LogP contribution in [0.3, 0.4) is 0 Å². The molecule has 0 bridgehead atoms. The number of halogens is 3. The summed E-state index contributed by atoms with van der Waals surface area (Å²) < 4.78 is 49.4. The number of ether oxygens (including phenoxy) is 2. The number of nitrogens with one attached hydrogen (secondary N) is 1. The number of aromatic amines is 1. The minimum atomic E-state index is -4.39. The van der Waals surface area contributed by atoms with Crippen LogP contribution < -0.4 is 4.74 Å². The van der Waals surface area contributed by atoms with Gasteiger partial charge >= 0.3 is 6.18 Å². The van der Waals surface area contributed by atoms with E-state index in [4.69, 9.17) is 9.47 Å². The average molecular weight is 473 g/mol. The highest BCUT2D eigenvalue weighted by molar-refractivity contribution is 5.94. The molecule has 1 aromatic heterocycles. The molecular formula is C25H26F3N3O3. The second-order valence-corrected chi connectivity index (χ2v) is 8.15. The molecule has 1 aliphatic heterocycles. The molecule has 0 saturated carbocycles. The number of methoxy groups -OCH3 is 1. The van der Waals surface area contributed by atoms with Crippen molar-refractivity contribution in [1.29, 1.82) is 0 Å². The third kappa shape index (κ3) is 5.25. The fraction of sp³-hybridized carbons (Fsp3) is 0.360. The first-order chi connectivity index (χ1) is 16.4. The van der Waals surface area contributed by atoms with Gasteiger partial charge < -0.3 is 14.4 Å². The van der Waals surface area contributed by atoms with E-state index in [-0.39, 0.29) is 11.9 Å². The zero-order chi connectivity index (χ0) is 24.1. The second-order valence-electron chi connectivity index (χ2n) is 8.15. The summed E-state index contributed by atoms with van der Waals surface area (Å²) in [7, 11) is 1.60. The Morgan fingerprint density at radius 2 is 1.82 bits per heavy atom. The molecule has 1 amide bonds. The van der Waals surface area contributed by atoms with Crippen molar-refractivity contribution in [2.75, 3.05) is 26.9 Å². The van der Waals surface area contributed by atoms with Crippen molar-refractivity contribution < 1.29 is 27.4 Å². The number of alkyl halides is 3. The Morgan fingerprint density at radius 1 is 1.09 bits per heavy atom. The van der Waals surface area contributed by atoms with Gasteiger partial charge in [0.2, 0.25) is 0 Å². The van der Waals surface area contributed by atoms with E-state index in [1.54, 1.807) is 37.6 Å². The number of likely N-dealkylation sites (tertiary alicyclic amines) is 1. The van der Waals surface area contributed by atoms with Gasteiger partial charge in [0.15, 0.2) is 0 Å². The van der Waals surface area contributed by atoms with Crippen LogP contribution in [-0.2, 0) is 10.9 Å². The van der Waals surface area contributed by atoms with Crippen LogP contribution in [-0.4, -0.2) is 47.9 Å². The van der Waals surface area contributed by atoms with E-state index in [9.17, 15) is 18.0 Å². The van der Waals surface area contributed by atoms with Crippen LogP contribution >= 0.6 is 0 Å². The number of aromatic nitrogens is 2. The quantitative estimate of drug-likeness (QED) is 0.461. The fourth-order valence-corrected chi connectivity index (χ4v) is 4.20. The Morgan fingerprint density at radius 3 is 2.50 bits per heavy atom. The maximum Gasteiger partial charge on any atom is 0.416 e. The summed E-state index contributed by atoms with van der Waals surface area (Å²) in [4.78, 5) is 15.2. The lowest BCUT2D eigenvalue weighted by molar-refractivity contribution is -0.137. The van der Waals surface area contributed by atoms with E-state index >= 15 is 0 Å². The van der Waals surface area contributed by atoms with Gasteiger partial charge in [-0.25, -0.2) is 0 Å². The standard InChI is InChI=1S/C25H26F3N3O3/c1-33-14-15-34-20-11-7-18(8-12-20)24(32)31-13-3-2-4-22(31)23-21(16-29-30-23)17-5-9-19(10-6-17)25(26,27)28/h5-12,16,22H,2-4,13-15H2,1H3,(H,29,30). The lowest BCUT2D eigenvalue weighted by Crippen LogP contribution is -2.38. The van der Waals surface area contributed by atoms with Crippen molar-refractivity contribution >= 4 is 5.91 Å². The third-order valence-corrected chi connectivity index (χ3v) is 5.95. The highest BCUT2D eigenvalue weighted by atomic mass is 19.4. The minimum Gasteiger partial charge on any atom is -0.491 e. The summed E-state index contributed by atoms with van der Waals surface area (Å²) in [6.07, 6.45) is -0.244. The SMILES string of the molecule is COCCOc1ccc(C(=O)N2CCCCC2c2[nH]ncc2-c2ccc(C(F)(F)F)cc2)cc1. The molecule has 0 spiro atoms. The zero-order valence-corrected chi connectivity index (χ0v) is 18.8. The summed E-state index contributed by atoms with van der Waals surface area (Å²) in [6, 6.07) is 11.7. The fourth-order valence-electron chi connectivity index (χ4n) is 4.20. The van der Waals surface area contributed by atoms with E-state index in [1.165, 1.54) is 12.1 Å². The predicted octanol–water partition coefficient (Wildman–Crippen LogP) is 5.49. The van der Waals surface area contributed by atoms with Gasteiger partial charge in [-0.3, -0.25) is 9.89 Å². The number of hydrogen-bond acceptors (Lipinski definition) is 4. The number of piperidine rings is 1. The van der Waals surface area contributed by atoms with Gasteiger partial charge in [0, 0.05) is 24.8 Å². The molecule has 1 aliphatic rings. The number of amides is 1. The number of carbonyl (C=O) groups excluding carboxylic acids is 1. The summed E-state index contributed by atoms with van der Waals surface area (Å²) >= 11 is 0. The molecule has 6 nitrogen and oxygen atoms in total. The summed E-state index contributed by atoms with van der Waals surface area (Å²) in [5.41, 5.74) is 1.88. The van der Waals surface area contributed by atoms with Crippen LogP contribution in [0.1, 0.15) is 46.9 Å². The smallest absolute Gasteiger partial charge is 0.416 e. The highest BCUT2D eigenvalue weighted by Gasteiger charge is 2.33. The van der Waals surface area contributed by atoms with Gasteiger partial charge in [-0.2, -0.15) is 18.3 Å². The molecule has 34 heavy (non-hydrogen) atoms. The molecule has 180 valence electrons. The monoisotopic (exact) mass is 473 g/mol. The summed E-state index contributed by atoms with van der Waals surface area (Å²) in [5, 5.41) is 7.14. The third-order valence-electron chi connectivity index (χ3n) is 5.95. The number of hydrogen-bond donors (Lipinski definition) is 1. The summed E-state index contributed by atoms with van der Waals surface area (Å²) in [6.45, 7) is 1.48. The van der Waals surface area contributed by atoms with Crippen molar-refractivity contribution in [2.45, 2.75) is 31.5 Å². The van der Waals surface area contributed by atoms with Crippen LogP contribution in [0.4, 0.5) is 13.2 Å². The number of nitrogens with zero attached hydrogens (tertiary/aromatic N) is 2. The maximum atomic E-state index is 13.4. The Hall–Kier alpha value is -3.33. The maximum absolute atomic E-state index is 13.4. The van der Waals surface area contributed by atoms with Gasteiger partial charge in [0.25, 0.3) is 5.91 Å². The first kappa shape index (κ1) is 23.8.